The molecule has 2 rings (SSSR count). The lowest BCUT2D eigenvalue weighted by molar-refractivity contribution is 0.430. The summed E-state index contributed by atoms with van der Waals surface area (Å²) in [6, 6.07) is 6.58. The summed E-state index contributed by atoms with van der Waals surface area (Å²) in [5.41, 5.74) is 1.67. The molecule has 0 amide bonds. The van der Waals surface area contributed by atoms with E-state index in [0.717, 1.165) is 31.0 Å². The van der Waals surface area contributed by atoms with Crippen LogP contribution in [0.3, 0.4) is 0 Å². The van der Waals surface area contributed by atoms with Crippen LogP contribution in [0.25, 0.3) is 0 Å². The first kappa shape index (κ1) is 13.8. The number of aryl methyl sites for hydroxylation is 1. The molecule has 0 spiro atoms. The van der Waals surface area contributed by atoms with E-state index in [1.54, 1.807) is 0 Å². The monoisotopic (exact) mass is 258 g/mol. The summed E-state index contributed by atoms with van der Waals surface area (Å²) >= 11 is 0. The van der Waals surface area contributed by atoms with Crippen LogP contribution in [0.4, 0.5) is 5.82 Å². The summed E-state index contributed by atoms with van der Waals surface area (Å²) in [7, 11) is 1.98. The predicted molar refractivity (Wildman–Crippen MR) is 77.2 cm³/mol. The van der Waals surface area contributed by atoms with Gasteiger partial charge in [0, 0.05) is 18.3 Å². The maximum absolute atomic E-state index is 9.27. The van der Waals surface area contributed by atoms with E-state index in [1.807, 2.05) is 26.1 Å². The number of hydrogen-bond donors (Lipinski definition) is 1. The number of hydrogen-bond acceptors (Lipinski definition) is 4. The third-order valence-corrected chi connectivity index (χ3v) is 3.76. The zero-order valence-corrected chi connectivity index (χ0v) is 11.8. The minimum atomic E-state index is 0.502. The van der Waals surface area contributed by atoms with E-state index in [0.29, 0.717) is 11.6 Å². The zero-order chi connectivity index (χ0) is 13.7. The normalized spacial score (nSPS) is 19.2. The molecule has 1 N–H and O–H groups in total. The van der Waals surface area contributed by atoms with Crippen LogP contribution in [0.2, 0.25) is 0 Å². The maximum Gasteiger partial charge on any atom is 0.147 e. The Morgan fingerprint density at radius 1 is 1.47 bits per heavy atom. The van der Waals surface area contributed by atoms with Gasteiger partial charge in [0.1, 0.15) is 11.9 Å². The number of pyridine rings is 1. The number of nitrogens with zero attached hydrogens (tertiary/aromatic N) is 3. The first-order chi connectivity index (χ1) is 9.26. The highest BCUT2D eigenvalue weighted by Crippen LogP contribution is 2.27. The number of rotatable bonds is 4. The van der Waals surface area contributed by atoms with Crippen LogP contribution in [0.5, 0.6) is 0 Å². The SMILES string of the molecule is CNCCC1CCCCN1c1nc(C)ccc1C#N. The highest BCUT2D eigenvalue weighted by atomic mass is 15.2. The van der Waals surface area contributed by atoms with Crippen molar-refractivity contribution in [2.45, 2.75) is 38.6 Å². The van der Waals surface area contributed by atoms with Gasteiger partial charge in [-0.3, -0.25) is 0 Å². The van der Waals surface area contributed by atoms with Gasteiger partial charge in [-0.15, -0.1) is 0 Å². The fraction of sp³-hybridized carbons (Fsp3) is 0.600. The van der Waals surface area contributed by atoms with E-state index in [4.69, 9.17) is 0 Å². The third kappa shape index (κ3) is 3.24. The van der Waals surface area contributed by atoms with Crippen molar-refractivity contribution in [3.05, 3.63) is 23.4 Å². The van der Waals surface area contributed by atoms with Gasteiger partial charge < -0.3 is 10.2 Å². The Balaban J connectivity index is 2.26. The van der Waals surface area contributed by atoms with E-state index in [9.17, 15) is 5.26 Å². The number of aromatic nitrogens is 1. The Morgan fingerprint density at radius 3 is 3.05 bits per heavy atom. The Hall–Kier alpha value is -1.60. The molecule has 1 unspecified atom stereocenters. The predicted octanol–water partition coefficient (Wildman–Crippen LogP) is 2.23. The van der Waals surface area contributed by atoms with Crippen molar-refractivity contribution in [1.29, 1.82) is 5.26 Å². The van der Waals surface area contributed by atoms with Crippen LogP contribution in [0, 0.1) is 18.3 Å². The van der Waals surface area contributed by atoms with Gasteiger partial charge in [-0.1, -0.05) is 0 Å². The minimum Gasteiger partial charge on any atom is -0.352 e. The Morgan fingerprint density at radius 2 is 2.32 bits per heavy atom. The smallest absolute Gasteiger partial charge is 0.147 e. The number of nitriles is 1. The number of nitrogens with one attached hydrogen (secondary N) is 1. The molecule has 4 heteroatoms. The van der Waals surface area contributed by atoms with Gasteiger partial charge in [-0.25, -0.2) is 4.98 Å². The Bertz CT molecular complexity index is 464. The van der Waals surface area contributed by atoms with Crippen molar-refractivity contribution < 1.29 is 0 Å². The average molecular weight is 258 g/mol. The van der Waals surface area contributed by atoms with Gasteiger partial charge in [0.25, 0.3) is 0 Å². The number of piperidine rings is 1. The average Bonchev–Trinajstić information content (AvgIpc) is 2.45. The van der Waals surface area contributed by atoms with Crippen LogP contribution >= 0.6 is 0 Å². The Labute approximate surface area is 115 Å². The summed E-state index contributed by atoms with van der Waals surface area (Å²) in [5.74, 6) is 0.878. The summed E-state index contributed by atoms with van der Waals surface area (Å²) < 4.78 is 0. The van der Waals surface area contributed by atoms with Crippen molar-refractivity contribution >= 4 is 5.82 Å². The highest BCUT2D eigenvalue weighted by Gasteiger charge is 2.25. The summed E-state index contributed by atoms with van der Waals surface area (Å²) in [6.07, 6.45) is 4.77. The van der Waals surface area contributed by atoms with Crippen molar-refractivity contribution in [2.75, 3.05) is 25.0 Å². The van der Waals surface area contributed by atoms with Crippen LogP contribution < -0.4 is 10.2 Å². The molecule has 2 heterocycles. The summed E-state index contributed by atoms with van der Waals surface area (Å²) in [5, 5.41) is 12.5. The van der Waals surface area contributed by atoms with Gasteiger partial charge >= 0.3 is 0 Å². The second-order valence-corrected chi connectivity index (χ2v) is 5.17. The second-order valence-electron chi connectivity index (χ2n) is 5.17. The first-order valence-electron chi connectivity index (χ1n) is 7.05. The minimum absolute atomic E-state index is 0.502. The number of anilines is 1. The van der Waals surface area contributed by atoms with Crippen LogP contribution in [-0.4, -0.2) is 31.2 Å². The Kier molecular flexibility index (Phi) is 4.75. The first-order valence-corrected chi connectivity index (χ1v) is 7.05. The molecule has 1 fully saturated rings. The molecule has 19 heavy (non-hydrogen) atoms. The lowest BCUT2D eigenvalue weighted by atomic mass is 9.98. The fourth-order valence-electron chi connectivity index (χ4n) is 2.74. The van der Waals surface area contributed by atoms with Gasteiger partial charge in [0.2, 0.25) is 0 Å². The van der Waals surface area contributed by atoms with E-state index in [-0.39, 0.29) is 0 Å². The molecular weight excluding hydrogens is 236 g/mol. The van der Waals surface area contributed by atoms with Crippen molar-refractivity contribution in [3.8, 4) is 6.07 Å². The lowest BCUT2D eigenvalue weighted by Gasteiger charge is -2.37. The van der Waals surface area contributed by atoms with E-state index in [2.05, 4.69) is 21.3 Å². The van der Waals surface area contributed by atoms with Crippen LogP contribution in [0.15, 0.2) is 12.1 Å². The molecule has 0 aromatic carbocycles. The molecule has 1 aromatic heterocycles. The summed E-state index contributed by atoms with van der Waals surface area (Å²) in [6.45, 7) is 4.01. The molecule has 1 aliphatic rings. The van der Waals surface area contributed by atoms with E-state index in [1.165, 1.54) is 19.3 Å². The molecule has 4 nitrogen and oxygen atoms in total. The van der Waals surface area contributed by atoms with Crippen molar-refractivity contribution in [3.63, 3.8) is 0 Å². The molecule has 0 bridgehead atoms. The molecule has 0 saturated carbocycles. The van der Waals surface area contributed by atoms with Crippen LogP contribution in [0.1, 0.15) is 36.9 Å². The van der Waals surface area contributed by atoms with Gasteiger partial charge in [-0.2, -0.15) is 5.26 Å². The van der Waals surface area contributed by atoms with Crippen molar-refractivity contribution in [1.82, 2.24) is 10.3 Å². The van der Waals surface area contributed by atoms with Gasteiger partial charge in [0.15, 0.2) is 0 Å². The second kappa shape index (κ2) is 6.53. The quantitative estimate of drug-likeness (QED) is 0.900. The maximum atomic E-state index is 9.27. The van der Waals surface area contributed by atoms with Gasteiger partial charge in [-0.05, 0) is 58.3 Å². The standard InChI is InChI=1S/C15H22N4/c1-12-6-7-13(11-16)15(18-12)19-10-4-3-5-14(19)8-9-17-2/h6-7,14,17H,3-5,8-10H2,1-2H3. The molecular formula is C15H22N4. The largest absolute Gasteiger partial charge is 0.352 e. The third-order valence-electron chi connectivity index (χ3n) is 3.76. The summed E-state index contributed by atoms with van der Waals surface area (Å²) in [4.78, 5) is 6.95. The van der Waals surface area contributed by atoms with E-state index < -0.39 is 0 Å². The van der Waals surface area contributed by atoms with Crippen LogP contribution in [-0.2, 0) is 0 Å². The molecule has 102 valence electrons. The zero-order valence-electron chi connectivity index (χ0n) is 11.8. The molecule has 0 aliphatic carbocycles. The topological polar surface area (TPSA) is 52.0 Å². The fourth-order valence-corrected chi connectivity index (χ4v) is 2.74. The highest BCUT2D eigenvalue weighted by molar-refractivity contribution is 5.55. The van der Waals surface area contributed by atoms with Crippen molar-refractivity contribution in [2.24, 2.45) is 0 Å². The van der Waals surface area contributed by atoms with E-state index >= 15 is 0 Å². The molecule has 1 aliphatic heterocycles. The molecule has 1 saturated heterocycles. The molecule has 0 radical (unpaired) electrons. The van der Waals surface area contributed by atoms with Gasteiger partial charge in [0.05, 0.1) is 5.56 Å². The lowest BCUT2D eigenvalue weighted by Crippen LogP contribution is -2.42. The molecule has 1 atom stereocenters. The molecule has 1 aromatic rings.